The number of non-ortho nitro benzene ring substituents is 1. The molecule has 0 spiro atoms. The highest BCUT2D eigenvalue weighted by Gasteiger charge is 2.16. The highest BCUT2D eigenvalue weighted by Crippen LogP contribution is 2.32. The number of benzene rings is 2. The summed E-state index contributed by atoms with van der Waals surface area (Å²) in [6.45, 7) is 0. The fourth-order valence-electron chi connectivity index (χ4n) is 2.24. The number of hydrogen-bond donors (Lipinski definition) is 1. The van der Waals surface area contributed by atoms with Gasteiger partial charge in [0.1, 0.15) is 11.6 Å². The number of nitrogens with one attached hydrogen (secondary N) is 1. The highest BCUT2D eigenvalue weighted by molar-refractivity contribution is 6.34. The van der Waals surface area contributed by atoms with E-state index in [1.54, 1.807) is 24.3 Å². The van der Waals surface area contributed by atoms with Gasteiger partial charge in [0.05, 0.1) is 29.9 Å². The van der Waals surface area contributed by atoms with E-state index >= 15 is 0 Å². The molecule has 27 heavy (non-hydrogen) atoms. The predicted molar refractivity (Wildman–Crippen MR) is 99.9 cm³/mol. The first-order chi connectivity index (χ1) is 12.9. The van der Waals surface area contributed by atoms with Crippen molar-refractivity contribution in [2.45, 2.75) is 0 Å². The fraction of sp³-hybridized carbons (Fsp3) is 0.111. The number of para-hydroxylation sites is 1. The molecule has 0 radical (unpaired) electrons. The van der Waals surface area contributed by atoms with Gasteiger partial charge < -0.3 is 14.8 Å². The molecule has 1 amide bonds. The van der Waals surface area contributed by atoms with E-state index < -0.39 is 10.8 Å². The van der Waals surface area contributed by atoms with Crippen molar-refractivity contribution in [1.29, 1.82) is 5.26 Å². The van der Waals surface area contributed by atoms with Crippen LogP contribution in [0.2, 0.25) is 5.02 Å². The second-order valence-electron chi connectivity index (χ2n) is 5.13. The smallest absolute Gasteiger partial charge is 0.271 e. The predicted octanol–water partition coefficient (Wildman–Crippen LogP) is 3.81. The number of carbonyl (C=O) groups is 1. The van der Waals surface area contributed by atoms with Crippen LogP contribution in [0, 0.1) is 21.4 Å². The van der Waals surface area contributed by atoms with E-state index in [4.69, 9.17) is 21.1 Å². The molecule has 0 saturated carbocycles. The van der Waals surface area contributed by atoms with Gasteiger partial charge in [-0.15, -0.1) is 0 Å². The van der Waals surface area contributed by atoms with Crippen LogP contribution in [-0.4, -0.2) is 25.1 Å². The molecule has 2 rings (SSSR count). The van der Waals surface area contributed by atoms with Gasteiger partial charge in [0.15, 0.2) is 11.5 Å². The van der Waals surface area contributed by atoms with Crippen LogP contribution in [0.25, 0.3) is 6.08 Å². The first-order valence-electron chi connectivity index (χ1n) is 7.49. The molecule has 0 aliphatic heterocycles. The number of amides is 1. The standard InChI is InChI=1S/C18H14ClN3O5/c1-26-16-5-3-4-11(17(16)27-2)8-12(10-20)18(23)21-15-9-13(22(24)25)6-7-14(15)19/h3-9H,1-2H3,(H,21,23)/b12-8+. The van der Waals surface area contributed by atoms with Crippen LogP contribution in [0.1, 0.15) is 5.56 Å². The molecule has 0 unspecified atom stereocenters. The third kappa shape index (κ3) is 4.54. The lowest BCUT2D eigenvalue weighted by molar-refractivity contribution is -0.384. The van der Waals surface area contributed by atoms with Crippen molar-refractivity contribution in [2.24, 2.45) is 0 Å². The number of methoxy groups -OCH3 is 2. The molecule has 0 heterocycles. The van der Waals surface area contributed by atoms with Gasteiger partial charge in [0, 0.05) is 17.7 Å². The number of carbonyl (C=O) groups excluding carboxylic acids is 1. The van der Waals surface area contributed by atoms with Gasteiger partial charge in [0.25, 0.3) is 11.6 Å². The van der Waals surface area contributed by atoms with Gasteiger partial charge in [-0.3, -0.25) is 14.9 Å². The van der Waals surface area contributed by atoms with Crippen LogP contribution in [0.4, 0.5) is 11.4 Å². The number of rotatable bonds is 6. The topological polar surface area (TPSA) is 114 Å². The van der Waals surface area contributed by atoms with Gasteiger partial charge in [-0.25, -0.2) is 0 Å². The number of nitriles is 1. The Bertz CT molecular complexity index is 966. The molecular weight excluding hydrogens is 374 g/mol. The van der Waals surface area contributed by atoms with Gasteiger partial charge >= 0.3 is 0 Å². The van der Waals surface area contributed by atoms with E-state index in [9.17, 15) is 20.2 Å². The average molecular weight is 388 g/mol. The Kier molecular flexibility index (Phi) is 6.36. The van der Waals surface area contributed by atoms with Gasteiger partial charge in [-0.05, 0) is 18.2 Å². The maximum atomic E-state index is 12.4. The molecule has 1 N–H and O–H groups in total. The van der Waals surface area contributed by atoms with Crippen molar-refractivity contribution in [3.05, 3.63) is 62.7 Å². The second kappa shape index (κ2) is 8.69. The van der Waals surface area contributed by atoms with E-state index in [0.29, 0.717) is 17.1 Å². The molecule has 0 aliphatic rings. The van der Waals surface area contributed by atoms with E-state index in [1.807, 2.05) is 0 Å². The van der Waals surface area contributed by atoms with Crippen LogP contribution in [0.15, 0.2) is 42.0 Å². The van der Waals surface area contributed by atoms with Crippen molar-refractivity contribution in [2.75, 3.05) is 19.5 Å². The summed E-state index contributed by atoms with van der Waals surface area (Å²) in [5.41, 5.74) is -0.0147. The van der Waals surface area contributed by atoms with Crippen molar-refractivity contribution < 1.29 is 19.2 Å². The molecule has 138 valence electrons. The first kappa shape index (κ1) is 19.8. The number of halogens is 1. The van der Waals surface area contributed by atoms with E-state index in [2.05, 4.69) is 5.32 Å². The molecule has 0 fully saturated rings. The summed E-state index contributed by atoms with van der Waals surface area (Å²) in [6, 6.07) is 10.4. The average Bonchev–Trinajstić information content (AvgIpc) is 2.66. The minimum absolute atomic E-state index is 0.0228. The third-order valence-electron chi connectivity index (χ3n) is 3.51. The molecule has 0 aliphatic carbocycles. The lowest BCUT2D eigenvalue weighted by Gasteiger charge is -2.11. The Morgan fingerprint density at radius 2 is 2.04 bits per heavy atom. The summed E-state index contributed by atoms with van der Waals surface area (Å²) in [6.07, 6.45) is 1.32. The van der Waals surface area contributed by atoms with Crippen molar-refractivity contribution >= 4 is 35.0 Å². The molecule has 2 aromatic carbocycles. The molecule has 0 aromatic heterocycles. The van der Waals surface area contributed by atoms with E-state index in [0.717, 1.165) is 6.07 Å². The monoisotopic (exact) mass is 387 g/mol. The van der Waals surface area contributed by atoms with Crippen LogP contribution in [0.5, 0.6) is 11.5 Å². The Morgan fingerprint density at radius 3 is 2.63 bits per heavy atom. The van der Waals surface area contributed by atoms with Crippen LogP contribution in [-0.2, 0) is 4.79 Å². The zero-order valence-electron chi connectivity index (χ0n) is 14.4. The summed E-state index contributed by atoms with van der Waals surface area (Å²) in [5.74, 6) is 0.0179. The summed E-state index contributed by atoms with van der Waals surface area (Å²) in [7, 11) is 2.90. The van der Waals surface area contributed by atoms with E-state index in [1.165, 1.54) is 32.4 Å². The third-order valence-corrected chi connectivity index (χ3v) is 3.84. The zero-order chi connectivity index (χ0) is 20.0. The quantitative estimate of drug-likeness (QED) is 0.349. The fourth-order valence-corrected chi connectivity index (χ4v) is 2.41. The summed E-state index contributed by atoms with van der Waals surface area (Å²) >= 11 is 5.96. The molecule has 0 bridgehead atoms. The maximum absolute atomic E-state index is 12.4. The molecule has 0 atom stereocenters. The Morgan fingerprint density at radius 1 is 1.30 bits per heavy atom. The Labute approximate surface area is 159 Å². The molecule has 8 nitrogen and oxygen atoms in total. The lowest BCUT2D eigenvalue weighted by atomic mass is 10.1. The molecule has 9 heteroatoms. The van der Waals surface area contributed by atoms with Crippen molar-refractivity contribution in [1.82, 2.24) is 0 Å². The SMILES string of the molecule is COc1cccc(/C=C(\C#N)C(=O)Nc2cc([N+](=O)[O-])ccc2Cl)c1OC. The second-order valence-corrected chi connectivity index (χ2v) is 5.54. The minimum atomic E-state index is -0.773. The first-order valence-corrected chi connectivity index (χ1v) is 7.87. The van der Waals surface area contributed by atoms with Crippen LogP contribution >= 0.6 is 11.6 Å². The lowest BCUT2D eigenvalue weighted by Crippen LogP contribution is -2.14. The molecule has 0 saturated heterocycles. The number of anilines is 1. The zero-order valence-corrected chi connectivity index (χ0v) is 15.1. The normalized spacial score (nSPS) is 10.7. The highest BCUT2D eigenvalue weighted by atomic mass is 35.5. The maximum Gasteiger partial charge on any atom is 0.271 e. The summed E-state index contributed by atoms with van der Waals surface area (Å²) in [4.78, 5) is 22.7. The number of nitrogens with zero attached hydrogens (tertiary/aromatic N) is 2. The Hall–Kier alpha value is -3.57. The van der Waals surface area contributed by atoms with Crippen LogP contribution in [0.3, 0.4) is 0 Å². The van der Waals surface area contributed by atoms with E-state index in [-0.39, 0.29) is 22.0 Å². The largest absolute Gasteiger partial charge is 0.493 e. The number of hydrogen-bond acceptors (Lipinski definition) is 6. The van der Waals surface area contributed by atoms with Crippen molar-refractivity contribution in [3.8, 4) is 17.6 Å². The van der Waals surface area contributed by atoms with Gasteiger partial charge in [-0.2, -0.15) is 5.26 Å². The number of nitro groups is 1. The van der Waals surface area contributed by atoms with Gasteiger partial charge in [-0.1, -0.05) is 23.7 Å². The number of nitro benzene ring substituents is 1. The summed E-state index contributed by atoms with van der Waals surface area (Å²) < 4.78 is 10.4. The number of ether oxygens (including phenoxy) is 2. The van der Waals surface area contributed by atoms with Crippen molar-refractivity contribution in [3.63, 3.8) is 0 Å². The van der Waals surface area contributed by atoms with Crippen LogP contribution < -0.4 is 14.8 Å². The van der Waals surface area contributed by atoms with Gasteiger partial charge in [0.2, 0.25) is 0 Å². The minimum Gasteiger partial charge on any atom is -0.493 e. The molecule has 2 aromatic rings. The Balaban J connectivity index is 2.38. The molecular formula is C18H14ClN3O5. The summed E-state index contributed by atoms with van der Waals surface area (Å²) in [5, 5.41) is 22.7.